The second-order valence-corrected chi connectivity index (χ2v) is 6.28. The van der Waals surface area contributed by atoms with Crippen LogP contribution in [0, 0.1) is 6.92 Å². The molecule has 4 rings (SSSR count). The van der Waals surface area contributed by atoms with Gasteiger partial charge in [-0.05, 0) is 12.5 Å². The van der Waals surface area contributed by atoms with Crippen LogP contribution in [0.5, 0.6) is 0 Å². The summed E-state index contributed by atoms with van der Waals surface area (Å²) in [5.41, 5.74) is 7.47. The molecule has 2 aromatic rings. The van der Waals surface area contributed by atoms with Crippen molar-refractivity contribution >= 4 is 42.8 Å². The lowest BCUT2D eigenvalue weighted by Crippen LogP contribution is -2.37. The fourth-order valence-corrected chi connectivity index (χ4v) is 3.15. The fourth-order valence-electron chi connectivity index (χ4n) is 3.15. The molecule has 0 bridgehead atoms. The molecule has 0 atom stereocenters. The van der Waals surface area contributed by atoms with Gasteiger partial charge in [-0.2, -0.15) is 10.1 Å². The van der Waals surface area contributed by atoms with E-state index in [4.69, 9.17) is 9.72 Å². The molecule has 146 valence electrons. The fraction of sp³-hybridized carbons (Fsp3) is 0.389. The Kier molecular flexibility index (Phi) is 7.79. The summed E-state index contributed by atoms with van der Waals surface area (Å²) in [6, 6.07) is 8.18. The highest BCUT2D eigenvalue weighted by Crippen LogP contribution is 2.26. The van der Waals surface area contributed by atoms with E-state index < -0.39 is 0 Å². The Balaban J connectivity index is 0.00000131. The average Bonchev–Trinajstić information content (AvgIpc) is 3.10. The Morgan fingerprint density at radius 2 is 2.00 bits per heavy atom. The van der Waals surface area contributed by atoms with Gasteiger partial charge in [-0.3, -0.25) is 0 Å². The van der Waals surface area contributed by atoms with Gasteiger partial charge in [0.05, 0.1) is 25.1 Å². The number of fused-ring (bicyclic) bond motifs is 1. The van der Waals surface area contributed by atoms with Crippen LogP contribution in [0.1, 0.15) is 22.4 Å². The highest BCUT2D eigenvalue weighted by atomic mass is 35.5. The molecule has 0 spiro atoms. The number of aromatic nitrogens is 2. The van der Waals surface area contributed by atoms with Crippen molar-refractivity contribution in [2.45, 2.75) is 20.0 Å². The summed E-state index contributed by atoms with van der Waals surface area (Å²) in [7, 11) is 0. The normalized spacial score (nSPS) is 15.8. The van der Waals surface area contributed by atoms with Gasteiger partial charge in [0.15, 0.2) is 0 Å². The summed E-state index contributed by atoms with van der Waals surface area (Å²) in [5, 5.41) is 7.66. The Morgan fingerprint density at radius 3 is 2.78 bits per heavy atom. The van der Waals surface area contributed by atoms with Crippen LogP contribution in [0.25, 0.3) is 0 Å². The molecule has 2 aliphatic rings. The number of nitrogens with zero attached hydrogens (tertiary/aromatic N) is 4. The summed E-state index contributed by atoms with van der Waals surface area (Å²) in [4.78, 5) is 11.6. The molecule has 1 aromatic carbocycles. The summed E-state index contributed by atoms with van der Waals surface area (Å²) in [5.74, 6) is 1.53. The number of nitrogens with one attached hydrogen (secondary N) is 2. The van der Waals surface area contributed by atoms with Crippen LogP contribution in [0.15, 0.2) is 29.4 Å². The minimum atomic E-state index is 0. The van der Waals surface area contributed by atoms with Crippen molar-refractivity contribution in [2.75, 3.05) is 36.6 Å². The van der Waals surface area contributed by atoms with E-state index in [0.29, 0.717) is 5.95 Å². The van der Waals surface area contributed by atoms with Crippen LogP contribution in [-0.4, -0.2) is 42.5 Å². The number of hydrogen-bond acceptors (Lipinski definition) is 7. The van der Waals surface area contributed by atoms with Gasteiger partial charge in [0.2, 0.25) is 5.95 Å². The van der Waals surface area contributed by atoms with Crippen LogP contribution in [0.2, 0.25) is 0 Å². The topological polar surface area (TPSA) is 74.7 Å². The minimum absolute atomic E-state index is 0. The zero-order valence-electron chi connectivity index (χ0n) is 15.1. The quantitative estimate of drug-likeness (QED) is 0.595. The molecule has 0 radical (unpaired) electrons. The molecule has 0 unspecified atom stereocenters. The number of rotatable bonds is 4. The maximum absolute atomic E-state index is 5.45. The molecular formula is C18H24Cl2N6O. The first kappa shape index (κ1) is 21.4. The Hall–Kier alpha value is -1.93. The molecule has 7 nitrogen and oxygen atoms in total. The molecule has 2 N–H and O–H groups in total. The number of anilines is 2. The third kappa shape index (κ3) is 5.07. The molecular weight excluding hydrogens is 387 g/mol. The number of hydrogen-bond donors (Lipinski definition) is 2. The lowest BCUT2D eigenvalue weighted by molar-refractivity contribution is 0.122. The van der Waals surface area contributed by atoms with Gasteiger partial charge in [-0.15, -0.1) is 24.8 Å². The number of morpholine rings is 1. The summed E-state index contributed by atoms with van der Waals surface area (Å²) in [6.07, 6.45) is 1.79. The monoisotopic (exact) mass is 410 g/mol. The summed E-state index contributed by atoms with van der Waals surface area (Å²) in [6.45, 7) is 6.84. The molecule has 1 saturated heterocycles. The molecule has 0 amide bonds. The third-order valence-electron chi connectivity index (χ3n) is 4.40. The van der Waals surface area contributed by atoms with Crippen molar-refractivity contribution in [3.63, 3.8) is 0 Å². The van der Waals surface area contributed by atoms with Crippen molar-refractivity contribution in [3.8, 4) is 0 Å². The zero-order chi connectivity index (χ0) is 17.1. The highest BCUT2D eigenvalue weighted by Gasteiger charge is 2.23. The van der Waals surface area contributed by atoms with Crippen LogP contribution >= 0.6 is 24.8 Å². The van der Waals surface area contributed by atoms with Crippen LogP contribution in [0.4, 0.5) is 11.8 Å². The lowest BCUT2D eigenvalue weighted by atomic mass is 10.2. The summed E-state index contributed by atoms with van der Waals surface area (Å²) < 4.78 is 5.45. The van der Waals surface area contributed by atoms with Crippen LogP contribution in [-0.2, 0) is 17.8 Å². The molecule has 1 fully saturated rings. The number of ether oxygens (including phenoxy) is 1. The third-order valence-corrected chi connectivity index (χ3v) is 4.40. The maximum atomic E-state index is 5.45. The van der Waals surface area contributed by atoms with E-state index in [-0.39, 0.29) is 24.8 Å². The van der Waals surface area contributed by atoms with Crippen LogP contribution < -0.4 is 15.6 Å². The SMILES string of the molecule is Cc1cccc(/C=N/Nc2nc3c(c(N4CCOCC4)n2)CNC3)c1.Cl.Cl. The van der Waals surface area contributed by atoms with Crippen molar-refractivity contribution in [1.82, 2.24) is 15.3 Å². The van der Waals surface area contributed by atoms with Gasteiger partial charge in [-0.1, -0.05) is 29.8 Å². The standard InChI is InChI=1S/C18H22N6O.2ClH/c1-13-3-2-4-14(9-13)10-20-23-18-21-16-12-19-11-15(16)17(22-18)24-5-7-25-8-6-24;;/h2-4,9-10,19H,5-8,11-12H2,1H3,(H,21,22,23);2*1H/b20-10+;;. The molecule has 3 heterocycles. The predicted molar refractivity (Wildman–Crippen MR) is 112 cm³/mol. The first-order valence-corrected chi connectivity index (χ1v) is 8.58. The first-order chi connectivity index (χ1) is 12.3. The van der Waals surface area contributed by atoms with Gasteiger partial charge in [0.25, 0.3) is 0 Å². The first-order valence-electron chi connectivity index (χ1n) is 8.58. The van der Waals surface area contributed by atoms with E-state index in [0.717, 1.165) is 56.5 Å². The Bertz CT molecular complexity index is 795. The second kappa shape index (κ2) is 9.85. The van der Waals surface area contributed by atoms with E-state index in [1.54, 1.807) is 6.21 Å². The molecule has 0 aliphatic carbocycles. The molecule has 1 aromatic heterocycles. The Labute approximate surface area is 171 Å². The molecule has 0 saturated carbocycles. The van der Waals surface area contributed by atoms with E-state index >= 15 is 0 Å². The van der Waals surface area contributed by atoms with Gasteiger partial charge in [0, 0.05) is 31.7 Å². The second-order valence-electron chi connectivity index (χ2n) is 6.28. The Morgan fingerprint density at radius 1 is 1.19 bits per heavy atom. The maximum Gasteiger partial charge on any atom is 0.245 e. The van der Waals surface area contributed by atoms with Crippen LogP contribution in [0.3, 0.4) is 0 Å². The van der Waals surface area contributed by atoms with E-state index in [2.05, 4.69) is 44.8 Å². The number of benzene rings is 1. The number of aryl methyl sites for hydroxylation is 1. The summed E-state index contributed by atoms with van der Waals surface area (Å²) >= 11 is 0. The van der Waals surface area contributed by atoms with Gasteiger partial charge in [0.1, 0.15) is 5.82 Å². The number of halogens is 2. The lowest BCUT2D eigenvalue weighted by Gasteiger charge is -2.29. The van der Waals surface area contributed by atoms with Crippen molar-refractivity contribution in [1.29, 1.82) is 0 Å². The van der Waals surface area contributed by atoms with E-state index in [9.17, 15) is 0 Å². The largest absolute Gasteiger partial charge is 0.378 e. The average molecular weight is 411 g/mol. The molecule has 27 heavy (non-hydrogen) atoms. The van der Waals surface area contributed by atoms with Crippen molar-refractivity contribution in [2.24, 2.45) is 5.10 Å². The van der Waals surface area contributed by atoms with Crippen molar-refractivity contribution < 1.29 is 4.74 Å². The van der Waals surface area contributed by atoms with E-state index in [1.165, 1.54) is 11.1 Å². The van der Waals surface area contributed by atoms with Gasteiger partial charge < -0.3 is 15.0 Å². The zero-order valence-corrected chi connectivity index (χ0v) is 16.8. The van der Waals surface area contributed by atoms with Gasteiger partial charge in [-0.25, -0.2) is 10.4 Å². The van der Waals surface area contributed by atoms with Gasteiger partial charge >= 0.3 is 0 Å². The predicted octanol–water partition coefficient (Wildman–Crippen LogP) is 2.51. The number of hydrazone groups is 1. The smallest absolute Gasteiger partial charge is 0.245 e. The highest BCUT2D eigenvalue weighted by molar-refractivity contribution is 5.85. The molecule has 9 heteroatoms. The van der Waals surface area contributed by atoms with Crippen molar-refractivity contribution in [3.05, 3.63) is 46.6 Å². The molecule has 2 aliphatic heterocycles. The minimum Gasteiger partial charge on any atom is -0.378 e. The van der Waals surface area contributed by atoms with E-state index in [1.807, 2.05) is 12.1 Å².